The van der Waals surface area contributed by atoms with Crippen molar-refractivity contribution in [1.29, 1.82) is 10.8 Å². The molecule has 0 saturated carbocycles. The zero-order chi connectivity index (χ0) is 16.1. The van der Waals surface area contributed by atoms with E-state index < -0.39 is 0 Å². The first-order valence-corrected chi connectivity index (χ1v) is 7.46. The predicted molar refractivity (Wildman–Crippen MR) is 89.2 cm³/mol. The first-order valence-electron chi connectivity index (χ1n) is 7.08. The van der Waals surface area contributed by atoms with Crippen LogP contribution in [-0.4, -0.2) is 28.8 Å². The largest absolute Gasteiger partial charge is 0.506 e. The highest BCUT2D eigenvalue weighted by Gasteiger charge is 2.20. The molecule has 0 spiro atoms. The van der Waals surface area contributed by atoms with Crippen LogP contribution in [0.1, 0.15) is 26.2 Å². The van der Waals surface area contributed by atoms with E-state index in [4.69, 9.17) is 27.2 Å². The molecule has 5 nitrogen and oxygen atoms in total. The van der Waals surface area contributed by atoms with E-state index in [2.05, 4.69) is 11.9 Å². The summed E-state index contributed by atoms with van der Waals surface area (Å²) in [7, 11) is 0. The average molecular weight is 320 g/mol. The van der Waals surface area contributed by atoms with Crippen LogP contribution in [0, 0.1) is 10.8 Å². The van der Waals surface area contributed by atoms with Crippen LogP contribution in [0.2, 0.25) is 5.02 Å². The van der Waals surface area contributed by atoms with Gasteiger partial charge in [-0.2, -0.15) is 0 Å². The molecule has 0 amide bonds. The van der Waals surface area contributed by atoms with E-state index in [0.717, 1.165) is 12.8 Å². The van der Waals surface area contributed by atoms with Crippen molar-refractivity contribution in [2.75, 3.05) is 6.61 Å². The Morgan fingerprint density at radius 2 is 2.09 bits per heavy atom. The number of ether oxygens (including phenoxy) is 1. The Morgan fingerprint density at radius 3 is 2.77 bits per heavy atom. The second-order valence-electron chi connectivity index (χ2n) is 4.98. The number of unbranched alkanes of at least 4 members (excludes halogenated alkanes) is 1. The highest BCUT2D eigenvalue weighted by Crippen LogP contribution is 2.28. The van der Waals surface area contributed by atoms with Crippen LogP contribution in [0.25, 0.3) is 0 Å². The summed E-state index contributed by atoms with van der Waals surface area (Å²) in [6.07, 6.45) is 3.75. The van der Waals surface area contributed by atoms with Gasteiger partial charge in [-0.25, -0.2) is 4.99 Å². The van der Waals surface area contributed by atoms with Gasteiger partial charge in [-0.1, -0.05) is 24.9 Å². The van der Waals surface area contributed by atoms with Gasteiger partial charge < -0.3 is 20.7 Å². The maximum absolute atomic E-state index is 9.42. The van der Waals surface area contributed by atoms with E-state index in [0.29, 0.717) is 29.5 Å². The minimum absolute atomic E-state index is 0.00903. The molecule has 0 aromatic heterocycles. The van der Waals surface area contributed by atoms with Crippen molar-refractivity contribution in [3.05, 3.63) is 35.1 Å². The summed E-state index contributed by atoms with van der Waals surface area (Å²) >= 11 is 5.86. The van der Waals surface area contributed by atoms with E-state index >= 15 is 0 Å². The van der Waals surface area contributed by atoms with Gasteiger partial charge in [0.05, 0.1) is 34.5 Å². The molecule has 1 aromatic carbocycles. The van der Waals surface area contributed by atoms with Gasteiger partial charge in [0.25, 0.3) is 0 Å². The molecule has 0 bridgehead atoms. The smallest absolute Gasteiger partial charge is 0.142 e. The molecule has 0 heterocycles. The van der Waals surface area contributed by atoms with Crippen molar-refractivity contribution in [2.45, 2.75) is 26.2 Å². The van der Waals surface area contributed by atoms with Crippen LogP contribution >= 0.6 is 11.6 Å². The molecule has 0 saturated heterocycles. The third kappa shape index (κ3) is 3.95. The molecule has 6 heteroatoms. The molecule has 116 valence electrons. The molecular weight excluding hydrogens is 302 g/mol. The number of nitrogens with one attached hydrogen (secondary N) is 2. The predicted octanol–water partition coefficient (Wildman–Crippen LogP) is 4.26. The fraction of sp³-hybridized carbons (Fsp3) is 0.312. The molecule has 0 atom stereocenters. The SMILES string of the molecule is CCCCOC1=CC(=Nc2ccc(O)c(Cl)c2)C(=N)CC1=N. The molecule has 1 aromatic rings. The maximum atomic E-state index is 9.42. The Kier molecular flexibility index (Phi) is 5.33. The molecule has 3 N–H and O–H groups in total. The fourth-order valence-electron chi connectivity index (χ4n) is 1.91. The van der Waals surface area contributed by atoms with Crippen LogP contribution in [0.4, 0.5) is 5.69 Å². The molecule has 22 heavy (non-hydrogen) atoms. The van der Waals surface area contributed by atoms with Crippen LogP contribution in [0.15, 0.2) is 35.0 Å². The molecule has 0 radical (unpaired) electrons. The van der Waals surface area contributed by atoms with Gasteiger partial charge in [0.15, 0.2) is 0 Å². The maximum Gasteiger partial charge on any atom is 0.142 e. The minimum atomic E-state index is -0.00903. The Bertz CT molecular complexity index is 665. The number of hydrogen-bond acceptors (Lipinski definition) is 5. The summed E-state index contributed by atoms with van der Waals surface area (Å²) in [5.74, 6) is 0.457. The summed E-state index contributed by atoms with van der Waals surface area (Å²) < 4.78 is 5.59. The number of allylic oxidation sites excluding steroid dienone is 2. The van der Waals surface area contributed by atoms with E-state index in [1.807, 2.05) is 0 Å². The van der Waals surface area contributed by atoms with Crippen molar-refractivity contribution in [1.82, 2.24) is 0 Å². The highest BCUT2D eigenvalue weighted by molar-refractivity contribution is 6.51. The molecule has 0 unspecified atom stereocenters. The van der Waals surface area contributed by atoms with Crippen molar-refractivity contribution < 1.29 is 9.84 Å². The van der Waals surface area contributed by atoms with Gasteiger partial charge in [0, 0.05) is 12.5 Å². The lowest BCUT2D eigenvalue weighted by atomic mass is 10.00. The van der Waals surface area contributed by atoms with Crippen molar-refractivity contribution in [2.24, 2.45) is 4.99 Å². The Balaban J connectivity index is 2.26. The molecule has 0 aliphatic heterocycles. The normalized spacial score (nSPS) is 16.8. The van der Waals surface area contributed by atoms with Gasteiger partial charge >= 0.3 is 0 Å². The third-order valence-corrected chi connectivity index (χ3v) is 3.47. The zero-order valence-corrected chi connectivity index (χ0v) is 13.1. The number of benzene rings is 1. The second kappa shape index (κ2) is 7.22. The monoisotopic (exact) mass is 319 g/mol. The Morgan fingerprint density at radius 1 is 1.32 bits per heavy atom. The van der Waals surface area contributed by atoms with E-state index in [-0.39, 0.29) is 22.9 Å². The Labute approximate surface area is 134 Å². The van der Waals surface area contributed by atoms with Crippen molar-refractivity contribution in [3.8, 4) is 5.75 Å². The minimum Gasteiger partial charge on any atom is -0.506 e. The molecule has 0 fully saturated rings. The lowest BCUT2D eigenvalue weighted by Crippen LogP contribution is -2.24. The van der Waals surface area contributed by atoms with Crippen LogP contribution in [-0.2, 0) is 4.74 Å². The standard InChI is InChI=1S/C16H18ClN3O2/c1-2-3-6-22-16-9-14(12(18)8-13(16)19)20-10-4-5-15(21)11(17)7-10/h4-5,7,9,18-19,21H,2-3,6,8H2,1H3. The van der Waals surface area contributed by atoms with Crippen molar-refractivity contribution in [3.63, 3.8) is 0 Å². The molecular formula is C16H18ClN3O2. The number of phenolic OH excluding ortho intramolecular Hbond substituents is 1. The first-order chi connectivity index (χ1) is 10.5. The van der Waals surface area contributed by atoms with Gasteiger partial charge in [-0.3, -0.25) is 0 Å². The second-order valence-corrected chi connectivity index (χ2v) is 5.38. The van der Waals surface area contributed by atoms with Gasteiger partial charge in [0.2, 0.25) is 0 Å². The third-order valence-electron chi connectivity index (χ3n) is 3.16. The number of aliphatic imine (C=N–C) groups is 1. The first kappa shape index (κ1) is 16.2. The van der Waals surface area contributed by atoms with E-state index in [1.165, 1.54) is 12.1 Å². The number of hydrogen-bond donors (Lipinski definition) is 3. The summed E-state index contributed by atoms with van der Waals surface area (Å²) in [6, 6.07) is 4.61. The molecule has 1 aliphatic rings. The molecule has 2 rings (SSSR count). The summed E-state index contributed by atoms with van der Waals surface area (Å²) in [4.78, 5) is 4.36. The number of rotatable bonds is 5. The Hall–Kier alpha value is -2.14. The number of phenols is 1. The lowest BCUT2D eigenvalue weighted by molar-refractivity contribution is 0.225. The molecule has 1 aliphatic carbocycles. The zero-order valence-electron chi connectivity index (χ0n) is 12.3. The van der Waals surface area contributed by atoms with Crippen LogP contribution in [0.5, 0.6) is 5.75 Å². The number of nitrogens with zero attached hydrogens (tertiary/aromatic N) is 1. The number of halogens is 1. The van der Waals surface area contributed by atoms with E-state index in [1.54, 1.807) is 12.1 Å². The van der Waals surface area contributed by atoms with Crippen molar-refractivity contribution >= 4 is 34.4 Å². The van der Waals surface area contributed by atoms with Crippen LogP contribution < -0.4 is 0 Å². The summed E-state index contributed by atoms with van der Waals surface area (Å²) in [5, 5.41) is 25.5. The van der Waals surface area contributed by atoms with Gasteiger partial charge in [-0.15, -0.1) is 0 Å². The fourth-order valence-corrected chi connectivity index (χ4v) is 2.09. The van der Waals surface area contributed by atoms with Gasteiger partial charge in [0.1, 0.15) is 11.5 Å². The summed E-state index contributed by atoms with van der Waals surface area (Å²) in [5.41, 5.74) is 1.55. The van der Waals surface area contributed by atoms with E-state index in [9.17, 15) is 5.11 Å². The topological polar surface area (TPSA) is 89.5 Å². The lowest BCUT2D eigenvalue weighted by Gasteiger charge is -2.17. The quantitative estimate of drug-likeness (QED) is 0.708. The van der Waals surface area contributed by atoms with Gasteiger partial charge in [-0.05, 0) is 24.6 Å². The number of aromatic hydroxyl groups is 1. The summed E-state index contributed by atoms with van der Waals surface area (Å²) in [6.45, 7) is 2.62. The average Bonchev–Trinajstić information content (AvgIpc) is 2.47. The van der Waals surface area contributed by atoms with Crippen LogP contribution in [0.3, 0.4) is 0 Å². The highest BCUT2D eigenvalue weighted by atomic mass is 35.5.